The van der Waals surface area contributed by atoms with Gasteiger partial charge in [0.1, 0.15) is 23.3 Å². The number of carbonyl (C=O) groups excluding carboxylic acids is 1. The predicted octanol–water partition coefficient (Wildman–Crippen LogP) is 2.67. The summed E-state index contributed by atoms with van der Waals surface area (Å²) in [5.41, 5.74) is 2.82. The second-order valence-electron chi connectivity index (χ2n) is 8.67. The van der Waals surface area contributed by atoms with Gasteiger partial charge in [0.25, 0.3) is 0 Å². The van der Waals surface area contributed by atoms with Gasteiger partial charge in [-0.1, -0.05) is 41.6 Å². The van der Waals surface area contributed by atoms with Crippen molar-refractivity contribution in [2.45, 2.75) is 19.6 Å². The summed E-state index contributed by atoms with van der Waals surface area (Å²) in [6, 6.07) is 15.9. The maximum absolute atomic E-state index is 13.3. The molecule has 0 bridgehead atoms. The summed E-state index contributed by atoms with van der Waals surface area (Å²) in [4.78, 5) is 19.5. The smallest absolute Gasteiger partial charge is 0.236 e. The van der Waals surface area contributed by atoms with Crippen LogP contribution < -0.4 is 14.4 Å². The Morgan fingerprint density at radius 3 is 2.59 bits per heavy atom. The minimum atomic E-state index is -0.243. The van der Waals surface area contributed by atoms with E-state index in [2.05, 4.69) is 26.2 Å². The summed E-state index contributed by atoms with van der Waals surface area (Å²) >= 11 is 0. The third-order valence-corrected chi connectivity index (χ3v) is 6.47. The number of ether oxygens (including phenoxy) is 2. The zero-order valence-electron chi connectivity index (χ0n) is 19.5. The zero-order chi connectivity index (χ0) is 23.5. The molecule has 1 fully saturated rings. The molecule has 5 rings (SSSR count). The molecule has 1 amide bonds. The lowest BCUT2D eigenvalue weighted by atomic mass is 10.1. The number of fused-ring (bicyclic) bond motifs is 1. The molecule has 2 aliphatic heterocycles. The fourth-order valence-corrected chi connectivity index (χ4v) is 4.67. The van der Waals surface area contributed by atoms with E-state index in [1.54, 1.807) is 7.11 Å². The number of anilines is 1. The summed E-state index contributed by atoms with van der Waals surface area (Å²) in [6.07, 6.45) is -0.243. The number of carbonyl (C=O) groups is 1. The molecule has 2 aromatic carbocycles. The Balaban J connectivity index is 1.29. The minimum Gasteiger partial charge on any atom is -0.496 e. The molecule has 1 aromatic heterocycles. The summed E-state index contributed by atoms with van der Waals surface area (Å²) in [5.74, 6) is 2.51. The zero-order valence-corrected chi connectivity index (χ0v) is 19.5. The van der Waals surface area contributed by atoms with Crippen LogP contribution in [0.25, 0.3) is 0 Å². The molecule has 2 aliphatic rings. The van der Waals surface area contributed by atoms with Crippen molar-refractivity contribution in [2.24, 2.45) is 0 Å². The van der Waals surface area contributed by atoms with Crippen molar-refractivity contribution in [1.82, 2.24) is 20.1 Å². The first-order valence-corrected chi connectivity index (χ1v) is 11.5. The molecular formula is C25H29N5O4. The monoisotopic (exact) mass is 463 g/mol. The summed E-state index contributed by atoms with van der Waals surface area (Å²) in [7, 11) is 1.67. The third-order valence-electron chi connectivity index (χ3n) is 6.47. The SMILES string of the molecule is COc1ccccc1C1CN(CC(=O)N2CCN(c3nonc3C)CC2)Cc2ccccc2O1. The highest BCUT2D eigenvalue weighted by molar-refractivity contribution is 5.78. The number of piperazine rings is 1. The van der Waals surface area contributed by atoms with Crippen LogP contribution in [0.5, 0.6) is 11.5 Å². The molecule has 34 heavy (non-hydrogen) atoms. The minimum absolute atomic E-state index is 0.118. The molecule has 0 spiro atoms. The maximum Gasteiger partial charge on any atom is 0.236 e. The number of aryl methyl sites for hydroxylation is 1. The lowest BCUT2D eigenvalue weighted by Gasteiger charge is -2.35. The fraction of sp³-hybridized carbons (Fsp3) is 0.400. The Bertz CT molecular complexity index is 1140. The number of aromatic nitrogens is 2. The molecule has 3 aromatic rings. The van der Waals surface area contributed by atoms with E-state index in [9.17, 15) is 4.79 Å². The molecule has 0 aliphatic carbocycles. The molecule has 1 atom stereocenters. The molecule has 0 N–H and O–H groups in total. The lowest BCUT2D eigenvalue weighted by Crippen LogP contribution is -2.51. The van der Waals surface area contributed by atoms with Crippen molar-refractivity contribution in [1.29, 1.82) is 0 Å². The van der Waals surface area contributed by atoms with E-state index >= 15 is 0 Å². The van der Waals surface area contributed by atoms with Gasteiger partial charge in [0.15, 0.2) is 5.82 Å². The number of amides is 1. The van der Waals surface area contributed by atoms with Gasteiger partial charge in [0.2, 0.25) is 5.91 Å². The molecule has 0 radical (unpaired) electrons. The molecule has 0 saturated carbocycles. The fourth-order valence-electron chi connectivity index (χ4n) is 4.67. The number of rotatable bonds is 5. The van der Waals surface area contributed by atoms with Gasteiger partial charge in [-0.05, 0) is 24.2 Å². The topological polar surface area (TPSA) is 84.2 Å². The van der Waals surface area contributed by atoms with Crippen LogP contribution in [0.1, 0.15) is 22.9 Å². The van der Waals surface area contributed by atoms with E-state index in [1.807, 2.05) is 54.3 Å². The van der Waals surface area contributed by atoms with E-state index in [0.29, 0.717) is 45.8 Å². The first kappa shape index (κ1) is 22.2. The number of hydrogen-bond acceptors (Lipinski definition) is 8. The van der Waals surface area contributed by atoms with Crippen molar-refractivity contribution >= 4 is 11.7 Å². The highest BCUT2D eigenvalue weighted by atomic mass is 16.6. The van der Waals surface area contributed by atoms with Crippen molar-refractivity contribution in [3.05, 3.63) is 65.4 Å². The van der Waals surface area contributed by atoms with Gasteiger partial charge >= 0.3 is 0 Å². The first-order chi connectivity index (χ1) is 16.6. The Hall–Kier alpha value is -3.59. The Morgan fingerprint density at radius 2 is 1.82 bits per heavy atom. The normalized spacial score (nSPS) is 18.7. The van der Waals surface area contributed by atoms with Crippen LogP contribution in [0.3, 0.4) is 0 Å². The molecule has 9 heteroatoms. The molecule has 9 nitrogen and oxygen atoms in total. The van der Waals surface area contributed by atoms with E-state index < -0.39 is 0 Å². The average Bonchev–Trinajstić information content (AvgIpc) is 3.21. The lowest BCUT2D eigenvalue weighted by molar-refractivity contribution is -0.133. The van der Waals surface area contributed by atoms with Crippen molar-refractivity contribution in [3.63, 3.8) is 0 Å². The van der Waals surface area contributed by atoms with E-state index in [1.165, 1.54) is 0 Å². The summed E-state index contributed by atoms with van der Waals surface area (Å²) in [6.45, 7) is 6.13. The van der Waals surface area contributed by atoms with Crippen LogP contribution >= 0.6 is 0 Å². The van der Waals surface area contributed by atoms with Crippen LogP contribution in [0.2, 0.25) is 0 Å². The molecule has 3 heterocycles. The Labute approximate surface area is 198 Å². The van der Waals surface area contributed by atoms with Crippen LogP contribution in [0.15, 0.2) is 53.2 Å². The van der Waals surface area contributed by atoms with Gasteiger partial charge in [-0.3, -0.25) is 9.69 Å². The number of nitrogens with zero attached hydrogens (tertiary/aromatic N) is 5. The molecular weight excluding hydrogens is 434 g/mol. The van der Waals surface area contributed by atoms with Crippen LogP contribution in [0, 0.1) is 6.92 Å². The summed E-state index contributed by atoms with van der Waals surface area (Å²) in [5, 5.41) is 7.85. The average molecular weight is 464 g/mol. The third kappa shape index (κ3) is 4.56. The van der Waals surface area contributed by atoms with E-state index in [0.717, 1.165) is 34.1 Å². The number of methoxy groups -OCH3 is 1. The van der Waals surface area contributed by atoms with Gasteiger partial charge in [-0.2, -0.15) is 0 Å². The standard InChI is InChI=1S/C25H29N5O4/c1-18-25(27-34-26-18)30-13-11-29(12-14-30)24(31)17-28-15-19-7-3-5-9-21(19)33-23(16-28)20-8-4-6-10-22(20)32-2/h3-10,23H,11-17H2,1-2H3. The second-order valence-corrected chi connectivity index (χ2v) is 8.67. The van der Waals surface area contributed by atoms with Crippen molar-refractivity contribution < 1.29 is 18.9 Å². The van der Waals surface area contributed by atoms with Gasteiger partial charge in [-0.25, -0.2) is 4.63 Å². The Kier molecular flexibility index (Phi) is 6.35. The highest BCUT2D eigenvalue weighted by Gasteiger charge is 2.30. The predicted molar refractivity (Wildman–Crippen MR) is 126 cm³/mol. The van der Waals surface area contributed by atoms with E-state index in [-0.39, 0.29) is 12.0 Å². The number of hydrogen-bond donors (Lipinski definition) is 0. The van der Waals surface area contributed by atoms with Gasteiger partial charge in [0.05, 0.1) is 13.7 Å². The van der Waals surface area contributed by atoms with Gasteiger partial charge in [0, 0.05) is 50.4 Å². The number of benzene rings is 2. The Morgan fingerprint density at radius 1 is 1.06 bits per heavy atom. The first-order valence-electron chi connectivity index (χ1n) is 11.5. The van der Waals surface area contributed by atoms with Gasteiger partial charge < -0.3 is 19.3 Å². The largest absolute Gasteiger partial charge is 0.496 e. The quantitative estimate of drug-likeness (QED) is 0.571. The van der Waals surface area contributed by atoms with Crippen LogP contribution in [0.4, 0.5) is 5.82 Å². The highest BCUT2D eigenvalue weighted by Crippen LogP contribution is 2.34. The molecule has 178 valence electrons. The second kappa shape index (κ2) is 9.72. The molecule has 1 saturated heterocycles. The van der Waals surface area contributed by atoms with Crippen LogP contribution in [-0.4, -0.2) is 72.4 Å². The summed E-state index contributed by atoms with van der Waals surface area (Å²) < 4.78 is 16.9. The van der Waals surface area contributed by atoms with E-state index in [4.69, 9.17) is 14.1 Å². The number of para-hydroxylation sites is 2. The van der Waals surface area contributed by atoms with Gasteiger partial charge in [-0.15, -0.1) is 0 Å². The molecule has 1 unspecified atom stereocenters. The maximum atomic E-state index is 13.3. The van der Waals surface area contributed by atoms with Crippen LogP contribution in [-0.2, 0) is 11.3 Å². The van der Waals surface area contributed by atoms with Crippen molar-refractivity contribution in [2.75, 3.05) is 51.3 Å². The van der Waals surface area contributed by atoms with Crippen molar-refractivity contribution in [3.8, 4) is 11.5 Å².